The maximum Gasteiger partial charge on any atom is 0.267 e. The molecule has 0 aliphatic carbocycles. The summed E-state index contributed by atoms with van der Waals surface area (Å²) in [6.07, 6.45) is 2.82. The Morgan fingerprint density at radius 2 is 1.92 bits per heavy atom. The smallest absolute Gasteiger partial charge is 0.267 e. The van der Waals surface area contributed by atoms with Crippen LogP contribution in [-0.4, -0.2) is 38.9 Å². The second-order valence-corrected chi connectivity index (χ2v) is 7.30. The van der Waals surface area contributed by atoms with Crippen LogP contribution in [0.25, 0.3) is 5.82 Å². The van der Waals surface area contributed by atoms with Crippen LogP contribution in [0.2, 0.25) is 0 Å². The largest absolute Gasteiger partial charge is 0.274 e. The van der Waals surface area contributed by atoms with Crippen LogP contribution in [-0.2, 0) is 17.1 Å². The lowest BCUT2D eigenvalue weighted by Crippen LogP contribution is -2.31. The Hall–Kier alpha value is -3.21. The number of rotatable bonds is 4. The summed E-state index contributed by atoms with van der Waals surface area (Å²) in [6, 6.07) is 4.27. The average Bonchev–Trinajstić information content (AvgIpc) is 3.12. The van der Waals surface area contributed by atoms with E-state index >= 15 is 0 Å². The lowest BCUT2D eigenvalue weighted by atomic mass is 10.2. The maximum absolute atomic E-state index is 12.4. The van der Waals surface area contributed by atoms with Gasteiger partial charge in [-0.2, -0.15) is 5.10 Å². The lowest BCUT2D eigenvalue weighted by Gasteiger charge is -2.09. The number of nitrogens with one attached hydrogen (secondary N) is 2. The third kappa shape index (κ3) is 3.28. The fourth-order valence-electron chi connectivity index (χ4n) is 2.46. The van der Waals surface area contributed by atoms with Gasteiger partial charge < -0.3 is 0 Å². The van der Waals surface area contributed by atoms with Crippen molar-refractivity contribution in [3.05, 3.63) is 57.9 Å². The van der Waals surface area contributed by atoms with Gasteiger partial charge >= 0.3 is 0 Å². The molecule has 136 valence electrons. The van der Waals surface area contributed by atoms with Crippen LogP contribution >= 0.6 is 0 Å². The van der Waals surface area contributed by atoms with E-state index < -0.39 is 15.9 Å². The molecule has 0 radical (unpaired) electrons. The Morgan fingerprint density at radius 3 is 2.46 bits per heavy atom. The molecule has 26 heavy (non-hydrogen) atoms. The molecule has 0 saturated heterocycles. The van der Waals surface area contributed by atoms with Crippen molar-refractivity contribution in [1.29, 1.82) is 0 Å². The van der Waals surface area contributed by atoms with Gasteiger partial charge in [0.1, 0.15) is 4.90 Å². The van der Waals surface area contributed by atoms with Gasteiger partial charge in [0.15, 0.2) is 5.82 Å². The van der Waals surface area contributed by atoms with Gasteiger partial charge in [-0.25, -0.2) is 22.8 Å². The van der Waals surface area contributed by atoms with Crippen LogP contribution in [0.5, 0.6) is 0 Å². The molecule has 2 N–H and O–H groups in total. The number of aryl methyl sites for hydroxylation is 3. The molecule has 0 saturated carbocycles. The zero-order chi connectivity index (χ0) is 19.1. The molecular formula is C15H16N6O4S. The van der Waals surface area contributed by atoms with E-state index in [-0.39, 0.29) is 21.7 Å². The second-order valence-electron chi connectivity index (χ2n) is 5.65. The third-order valence-electron chi connectivity index (χ3n) is 3.65. The molecule has 3 aromatic rings. The molecule has 3 heterocycles. The van der Waals surface area contributed by atoms with Gasteiger partial charge in [-0.1, -0.05) is 0 Å². The van der Waals surface area contributed by atoms with Crippen LogP contribution in [0.3, 0.4) is 0 Å². The minimum Gasteiger partial charge on any atom is -0.274 e. The van der Waals surface area contributed by atoms with Gasteiger partial charge in [-0.3, -0.25) is 19.4 Å². The van der Waals surface area contributed by atoms with Crippen LogP contribution in [0, 0.1) is 13.8 Å². The van der Waals surface area contributed by atoms with E-state index in [1.807, 2.05) is 4.72 Å². The highest BCUT2D eigenvalue weighted by Crippen LogP contribution is 2.15. The van der Waals surface area contributed by atoms with E-state index in [4.69, 9.17) is 0 Å². The van der Waals surface area contributed by atoms with E-state index in [0.29, 0.717) is 11.5 Å². The standard InChI is InChI=1S/C15H16N6O4S/c1-9-11(4-5-13(16-9)21-7-6-14(22)18-21)15(23)19-26(24,25)12-8-20(3)17-10(12)2/h4-8H,1-3H3,(H,18,22)(H,19,23). The van der Waals surface area contributed by atoms with Crippen LogP contribution < -0.4 is 10.3 Å². The predicted molar refractivity (Wildman–Crippen MR) is 91.5 cm³/mol. The summed E-state index contributed by atoms with van der Waals surface area (Å²) >= 11 is 0. The molecule has 10 nitrogen and oxygen atoms in total. The fourth-order valence-corrected chi connectivity index (χ4v) is 3.65. The molecule has 11 heteroatoms. The topological polar surface area (TPSA) is 132 Å². The number of carbonyl (C=O) groups is 1. The van der Waals surface area contributed by atoms with Crippen molar-refractivity contribution in [2.45, 2.75) is 18.7 Å². The molecule has 0 bridgehead atoms. The summed E-state index contributed by atoms with van der Waals surface area (Å²) in [6.45, 7) is 3.11. The summed E-state index contributed by atoms with van der Waals surface area (Å²) in [5.41, 5.74) is 0.416. The number of pyridine rings is 1. The number of hydrogen-bond donors (Lipinski definition) is 2. The van der Waals surface area contributed by atoms with Crippen LogP contribution in [0.15, 0.2) is 40.3 Å². The normalized spacial score (nSPS) is 11.5. The number of aromatic amines is 1. The number of nitrogens with zero attached hydrogens (tertiary/aromatic N) is 4. The Morgan fingerprint density at radius 1 is 1.19 bits per heavy atom. The van der Waals surface area contributed by atoms with Crippen LogP contribution in [0.1, 0.15) is 21.7 Å². The van der Waals surface area contributed by atoms with E-state index in [2.05, 4.69) is 15.2 Å². The lowest BCUT2D eigenvalue weighted by molar-refractivity contribution is 0.0980. The quantitative estimate of drug-likeness (QED) is 0.660. The first kappa shape index (κ1) is 17.6. The summed E-state index contributed by atoms with van der Waals surface area (Å²) in [7, 11) is -2.47. The maximum atomic E-state index is 12.4. The van der Waals surface area contributed by atoms with Crippen molar-refractivity contribution in [3.8, 4) is 5.82 Å². The summed E-state index contributed by atoms with van der Waals surface area (Å²) in [5, 5.41) is 6.49. The minimum absolute atomic E-state index is 0.0690. The van der Waals surface area contributed by atoms with Crippen LogP contribution in [0.4, 0.5) is 0 Å². The van der Waals surface area contributed by atoms with Crippen molar-refractivity contribution in [3.63, 3.8) is 0 Å². The number of sulfonamides is 1. The van der Waals surface area contributed by atoms with E-state index in [9.17, 15) is 18.0 Å². The molecule has 0 aliphatic rings. The molecule has 0 aliphatic heterocycles. The molecule has 0 spiro atoms. The minimum atomic E-state index is -4.06. The fraction of sp³-hybridized carbons (Fsp3) is 0.200. The number of hydrogen-bond acceptors (Lipinski definition) is 6. The molecule has 0 aromatic carbocycles. The zero-order valence-corrected chi connectivity index (χ0v) is 15.0. The molecule has 0 unspecified atom stereocenters. The Bertz CT molecular complexity index is 1160. The highest BCUT2D eigenvalue weighted by atomic mass is 32.2. The molecule has 3 rings (SSSR count). The van der Waals surface area contributed by atoms with Gasteiger partial charge in [0.2, 0.25) is 0 Å². The molecule has 3 aromatic heterocycles. The zero-order valence-electron chi connectivity index (χ0n) is 14.2. The first-order chi connectivity index (χ1) is 12.2. The first-order valence-corrected chi connectivity index (χ1v) is 8.99. The highest BCUT2D eigenvalue weighted by molar-refractivity contribution is 7.90. The molecule has 1 amide bonds. The Kier molecular flexibility index (Phi) is 4.24. The number of aromatic nitrogens is 5. The Labute approximate surface area is 148 Å². The van der Waals surface area contributed by atoms with Crippen molar-refractivity contribution < 1.29 is 13.2 Å². The number of amides is 1. The first-order valence-electron chi connectivity index (χ1n) is 7.50. The van der Waals surface area contributed by atoms with Crippen molar-refractivity contribution in [1.82, 2.24) is 29.3 Å². The van der Waals surface area contributed by atoms with Gasteiger partial charge in [0.05, 0.1) is 17.0 Å². The number of H-pyrrole nitrogens is 1. The SMILES string of the molecule is Cc1nc(-n2ccc(=O)[nH]2)ccc1C(=O)NS(=O)(=O)c1cn(C)nc1C. The highest BCUT2D eigenvalue weighted by Gasteiger charge is 2.24. The van der Waals surface area contributed by atoms with Gasteiger partial charge in [0.25, 0.3) is 21.5 Å². The number of carbonyl (C=O) groups excluding carboxylic acids is 1. The molecule has 0 atom stereocenters. The molecule has 0 fully saturated rings. The predicted octanol–water partition coefficient (Wildman–Crippen LogP) is 0.0296. The average molecular weight is 376 g/mol. The molecular weight excluding hydrogens is 360 g/mol. The monoisotopic (exact) mass is 376 g/mol. The summed E-state index contributed by atoms with van der Waals surface area (Å²) in [5.74, 6) is -0.405. The van der Waals surface area contributed by atoms with Gasteiger partial charge in [0, 0.05) is 25.5 Å². The van der Waals surface area contributed by atoms with E-state index in [1.165, 1.54) is 40.0 Å². The van der Waals surface area contributed by atoms with Crippen molar-refractivity contribution in [2.75, 3.05) is 0 Å². The third-order valence-corrected chi connectivity index (χ3v) is 5.09. The van der Waals surface area contributed by atoms with Crippen molar-refractivity contribution in [2.24, 2.45) is 7.05 Å². The Balaban J connectivity index is 1.88. The van der Waals surface area contributed by atoms with E-state index in [1.54, 1.807) is 20.9 Å². The second kappa shape index (κ2) is 6.26. The van der Waals surface area contributed by atoms with Crippen molar-refractivity contribution >= 4 is 15.9 Å². The summed E-state index contributed by atoms with van der Waals surface area (Å²) in [4.78, 5) is 27.8. The van der Waals surface area contributed by atoms with E-state index in [0.717, 1.165) is 0 Å². The summed E-state index contributed by atoms with van der Waals surface area (Å²) < 4.78 is 29.6. The van der Waals surface area contributed by atoms with Gasteiger partial charge in [-0.15, -0.1) is 0 Å². The van der Waals surface area contributed by atoms with Gasteiger partial charge in [-0.05, 0) is 26.0 Å².